The average molecular weight is 295 g/mol. The Balaban J connectivity index is 3.11. The lowest BCUT2D eigenvalue weighted by atomic mass is 10.2. The van der Waals surface area contributed by atoms with Crippen molar-refractivity contribution in [2.75, 3.05) is 11.8 Å². The van der Waals surface area contributed by atoms with Gasteiger partial charge in [0.2, 0.25) is 0 Å². The van der Waals surface area contributed by atoms with Gasteiger partial charge in [-0.3, -0.25) is 4.72 Å². The number of ether oxygens (including phenoxy) is 1. The van der Waals surface area contributed by atoms with Gasteiger partial charge in [0.25, 0.3) is 10.2 Å². The molecule has 0 aliphatic rings. The van der Waals surface area contributed by atoms with Crippen molar-refractivity contribution >= 4 is 31.8 Å². The van der Waals surface area contributed by atoms with Crippen LogP contribution in [0.4, 0.5) is 5.69 Å². The first kappa shape index (κ1) is 12.4. The molecule has 5 nitrogen and oxygen atoms in total. The summed E-state index contributed by atoms with van der Waals surface area (Å²) in [6.45, 7) is 0.291. The molecular formula is C8H11BrN2O3S. The Morgan fingerprint density at radius 2 is 2.20 bits per heavy atom. The highest BCUT2D eigenvalue weighted by Crippen LogP contribution is 2.25. The van der Waals surface area contributed by atoms with E-state index in [9.17, 15) is 8.42 Å². The molecule has 0 aliphatic heterocycles. The molecule has 0 heterocycles. The molecule has 84 valence electrons. The Morgan fingerprint density at radius 3 is 2.73 bits per heavy atom. The summed E-state index contributed by atoms with van der Waals surface area (Å²) in [6, 6.07) is 5.11. The zero-order valence-corrected chi connectivity index (χ0v) is 10.4. The number of methoxy groups -OCH3 is 1. The van der Waals surface area contributed by atoms with Gasteiger partial charge in [-0.25, -0.2) is 5.14 Å². The molecule has 0 aliphatic carbocycles. The lowest BCUT2D eigenvalue weighted by Gasteiger charge is -2.11. The summed E-state index contributed by atoms with van der Waals surface area (Å²) >= 11 is 3.30. The molecule has 0 saturated heterocycles. The molecule has 1 rings (SSSR count). The predicted octanol–water partition coefficient (Wildman–Crippen LogP) is 1.21. The van der Waals surface area contributed by atoms with Crippen molar-refractivity contribution in [3.05, 3.63) is 28.2 Å². The summed E-state index contributed by atoms with van der Waals surface area (Å²) in [5.74, 6) is 0. The van der Waals surface area contributed by atoms with Crippen molar-refractivity contribution in [3.8, 4) is 0 Å². The van der Waals surface area contributed by atoms with Crippen molar-refractivity contribution in [1.29, 1.82) is 0 Å². The van der Waals surface area contributed by atoms with E-state index >= 15 is 0 Å². The van der Waals surface area contributed by atoms with Crippen molar-refractivity contribution in [3.63, 3.8) is 0 Å². The molecule has 0 bridgehead atoms. The van der Waals surface area contributed by atoms with E-state index in [2.05, 4.69) is 20.7 Å². The van der Waals surface area contributed by atoms with Crippen LogP contribution in [0, 0.1) is 0 Å². The third-order valence-electron chi connectivity index (χ3n) is 1.66. The Kier molecular flexibility index (Phi) is 4.09. The summed E-state index contributed by atoms with van der Waals surface area (Å²) < 4.78 is 29.7. The van der Waals surface area contributed by atoms with E-state index in [1.54, 1.807) is 18.2 Å². The zero-order valence-electron chi connectivity index (χ0n) is 8.03. The van der Waals surface area contributed by atoms with Gasteiger partial charge in [0.1, 0.15) is 0 Å². The van der Waals surface area contributed by atoms with Gasteiger partial charge >= 0.3 is 0 Å². The van der Waals surface area contributed by atoms with Crippen LogP contribution in [0.3, 0.4) is 0 Å². The zero-order chi connectivity index (χ0) is 11.5. The van der Waals surface area contributed by atoms with Gasteiger partial charge in [-0.15, -0.1) is 0 Å². The van der Waals surface area contributed by atoms with E-state index in [1.807, 2.05) is 0 Å². The van der Waals surface area contributed by atoms with Crippen LogP contribution in [0.15, 0.2) is 22.7 Å². The number of hydrogen-bond donors (Lipinski definition) is 2. The van der Waals surface area contributed by atoms with Gasteiger partial charge in [-0.2, -0.15) is 8.42 Å². The van der Waals surface area contributed by atoms with Crippen LogP contribution in [-0.4, -0.2) is 15.5 Å². The fraction of sp³-hybridized carbons (Fsp3) is 0.250. The highest BCUT2D eigenvalue weighted by molar-refractivity contribution is 9.10. The van der Waals surface area contributed by atoms with Crippen LogP contribution < -0.4 is 9.86 Å². The second-order valence-electron chi connectivity index (χ2n) is 2.85. The van der Waals surface area contributed by atoms with Gasteiger partial charge in [0.05, 0.1) is 12.3 Å². The molecule has 1 aromatic rings. The number of nitrogens with one attached hydrogen (secondary N) is 1. The average Bonchev–Trinajstić information content (AvgIpc) is 2.08. The minimum absolute atomic E-state index is 0.291. The lowest BCUT2D eigenvalue weighted by molar-refractivity contribution is 0.185. The van der Waals surface area contributed by atoms with E-state index in [0.29, 0.717) is 17.9 Å². The topological polar surface area (TPSA) is 81.4 Å². The summed E-state index contributed by atoms with van der Waals surface area (Å²) in [4.78, 5) is 0. The maximum absolute atomic E-state index is 10.9. The van der Waals surface area contributed by atoms with Crippen LogP contribution in [0.5, 0.6) is 0 Å². The summed E-state index contributed by atoms with van der Waals surface area (Å²) in [5.41, 5.74) is 1.11. The van der Waals surface area contributed by atoms with Crippen LogP contribution in [0.25, 0.3) is 0 Å². The Bertz CT molecular complexity index is 447. The lowest BCUT2D eigenvalue weighted by Crippen LogP contribution is -2.22. The number of rotatable bonds is 4. The highest BCUT2D eigenvalue weighted by atomic mass is 79.9. The molecule has 0 atom stereocenters. The summed E-state index contributed by atoms with van der Waals surface area (Å²) in [7, 11) is -2.23. The molecule has 15 heavy (non-hydrogen) atoms. The molecule has 3 N–H and O–H groups in total. The van der Waals surface area contributed by atoms with Crippen molar-refractivity contribution in [2.45, 2.75) is 6.61 Å². The van der Waals surface area contributed by atoms with E-state index in [4.69, 9.17) is 9.88 Å². The van der Waals surface area contributed by atoms with Gasteiger partial charge in [0, 0.05) is 17.1 Å². The van der Waals surface area contributed by atoms with Crippen molar-refractivity contribution in [2.24, 2.45) is 5.14 Å². The maximum atomic E-state index is 10.9. The van der Waals surface area contributed by atoms with Crippen LogP contribution in [0.1, 0.15) is 5.56 Å². The van der Waals surface area contributed by atoms with Crippen LogP contribution >= 0.6 is 15.9 Å². The molecular weight excluding hydrogens is 284 g/mol. The van der Waals surface area contributed by atoms with Gasteiger partial charge in [-0.05, 0) is 12.1 Å². The standard InChI is InChI=1S/C8H11BrN2O3S/c1-14-5-6-7(9)3-2-4-8(6)11-15(10,12)13/h2-4,11H,5H2,1H3,(H2,10,12,13). The first-order chi connectivity index (χ1) is 6.94. The molecule has 0 saturated carbocycles. The molecule has 1 aromatic carbocycles. The quantitative estimate of drug-likeness (QED) is 0.876. The minimum atomic E-state index is -3.76. The van der Waals surface area contributed by atoms with E-state index in [1.165, 1.54) is 7.11 Å². The Morgan fingerprint density at radius 1 is 1.53 bits per heavy atom. The first-order valence-electron chi connectivity index (χ1n) is 4.01. The van der Waals surface area contributed by atoms with Gasteiger partial charge in [-0.1, -0.05) is 22.0 Å². The first-order valence-corrected chi connectivity index (χ1v) is 6.35. The van der Waals surface area contributed by atoms with Gasteiger partial charge < -0.3 is 4.74 Å². The molecule has 0 radical (unpaired) electrons. The molecule has 0 aromatic heterocycles. The Labute approximate surface area is 96.9 Å². The number of benzene rings is 1. The predicted molar refractivity (Wildman–Crippen MR) is 61.6 cm³/mol. The summed E-state index contributed by atoms with van der Waals surface area (Å²) in [6.07, 6.45) is 0. The minimum Gasteiger partial charge on any atom is -0.380 e. The van der Waals surface area contributed by atoms with Gasteiger partial charge in [0.15, 0.2) is 0 Å². The van der Waals surface area contributed by atoms with E-state index in [0.717, 1.165) is 4.47 Å². The molecule has 7 heteroatoms. The molecule has 0 unspecified atom stereocenters. The third-order valence-corrected chi connectivity index (χ3v) is 2.91. The van der Waals surface area contributed by atoms with E-state index < -0.39 is 10.2 Å². The second-order valence-corrected chi connectivity index (χ2v) is 4.99. The van der Waals surface area contributed by atoms with Crippen molar-refractivity contribution in [1.82, 2.24) is 0 Å². The summed E-state index contributed by atoms with van der Waals surface area (Å²) in [5, 5.41) is 4.89. The monoisotopic (exact) mass is 294 g/mol. The normalized spacial score (nSPS) is 11.4. The number of halogens is 1. The van der Waals surface area contributed by atoms with Crippen molar-refractivity contribution < 1.29 is 13.2 Å². The third kappa shape index (κ3) is 3.78. The second kappa shape index (κ2) is 4.93. The fourth-order valence-corrected chi connectivity index (χ4v) is 2.08. The van der Waals surface area contributed by atoms with Crippen LogP contribution in [0.2, 0.25) is 0 Å². The largest absolute Gasteiger partial charge is 0.380 e. The number of hydrogen-bond acceptors (Lipinski definition) is 3. The van der Waals surface area contributed by atoms with E-state index in [-0.39, 0.29) is 0 Å². The molecule has 0 spiro atoms. The Hall–Kier alpha value is -0.630. The smallest absolute Gasteiger partial charge is 0.296 e. The molecule has 0 fully saturated rings. The number of nitrogens with two attached hydrogens (primary N) is 1. The highest BCUT2D eigenvalue weighted by Gasteiger charge is 2.10. The maximum Gasteiger partial charge on any atom is 0.296 e. The number of anilines is 1. The fourth-order valence-electron chi connectivity index (χ4n) is 1.10. The SMILES string of the molecule is COCc1c(Br)cccc1NS(N)(=O)=O. The van der Waals surface area contributed by atoms with Crippen LogP contribution in [-0.2, 0) is 21.6 Å². The molecule has 0 amide bonds.